The fraction of sp³-hybridized carbons (Fsp3) is 0.762. The first kappa shape index (κ1) is 19.9. The minimum atomic E-state index is -2.92. The van der Waals surface area contributed by atoms with Crippen LogP contribution in [0.4, 0.5) is 20.5 Å². The summed E-state index contributed by atoms with van der Waals surface area (Å²) >= 11 is 0. The average molecular weight is 421 g/mol. The molecular formula is C21H29F2N5O2. The van der Waals surface area contributed by atoms with Gasteiger partial charge in [-0.05, 0) is 38.5 Å². The smallest absolute Gasteiger partial charge is 0.305 e. The van der Waals surface area contributed by atoms with E-state index in [-0.39, 0.29) is 42.4 Å². The maximum atomic E-state index is 14.7. The molecule has 0 unspecified atom stereocenters. The molecule has 30 heavy (non-hydrogen) atoms. The second kappa shape index (κ2) is 6.73. The molecule has 7 nitrogen and oxygen atoms in total. The van der Waals surface area contributed by atoms with Gasteiger partial charge in [0.15, 0.2) is 0 Å². The predicted octanol–water partition coefficient (Wildman–Crippen LogP) is 2.22. The molecule has 3 heterocycles. The molecule has 4 atom stereocenters. The van der Waals surface area contributed by atoms with Crippen LogP contribution in [-0.4, -0.2) is 54.3 Å². The summed E-state index contributed by atoms with van der Waals surface area (Å²) in [5.74, 6) is -1.92. The molecule has 9 heteroatoms. The zero-order valence-corrected chi connectivity index (χ0v) is 17.5. The lowest BCUT2D eigenvalue weighted by atomic mass is 10.0. The SMILES string of the molecule is COC(=O)C[C@@H]1[C@H]2CN(c3nc(N4CCCC[C@H]4C)nc4c3CCC4(F)F)C[C@@]12N. The van der Waals surface area contributed by atoms with Gasteiger partial charge in [-0.3, -0.25) is 4.79 Å². The molecule has 1 aromatic rings. The molecule has 4 aliphatic rings. The Morgan fingerprint density at radius 1 is 1.33 bits per heavy atom. The van der Waals surface area contributed by atoms with E-state index >= 15 is 0 Å². The van der Waals surface area contributed by atoms with Crippen molar-refractivity contribution < 1.29 is 18.3 Å². The van der Waals surface area contributed by atoms with Gasteiger partial charge in [0.2, 0.25) is 5.95 Å². The van der Waals surface area contributed by atoms with Crippen LogP contribution in [0.3, 0.4) is 0 Å². The number of nitrogens with two attached hydrogens (primary N) is 1. The lowest BCUT2D eigenvalue weighted by Gasteiger charge is -2.35. The van der Waals surface area contributed by atoms with Crippen LogP contribution < -0.4 is 15.5 Å². The topological polar surface area (TPSA) is 84.6 Å². The van der Waals surface area contributed by atoms with Crippen molar-refractivity contribution >= 4 is 17.7 Å². The number of ether oxygens (including phenoxy) is 1. The number of carbonyl (C=O) groups excluding carboxylic acids is 1. The number of hydrogen-bond donors (Lipinski definition) is 1. The molecule has 5 rings (SSSR count). The zero-order chi connectivity index (χ0) is 21.3. The molecule has 0 aromatic carbocycles. The Morgan fingerprint density at radius 2 is 2.13 bits per heavy atom. The maximum Gasteiger partial charge on any atom is 0.305 e. The number of rotatable bonds is 4. The monoisotopic (exact) mass is 421 g/mol. The van der Waals surface area contributed by atoms with E-state index in [2.05, 4.69) is 16.8 Å². The second-order valence-corrected chi connectivity index (χ2v) is 9.40. The Hall–Kier alpha value is -2.03. The summed E-state index contributed by atoms with van der Waals surface area (Å²) < 4.78 is 34.1. The van der Waals surface area contributed by atoms with Gasteiger partial charge in [0.1, 0.15) is 11.5 Å². The minimum absolute atomic E-state index is 0.0825. The molecule has 2 N–H and O–H groups in total. The van der Waals surface area contributed by atoms with Crippen molar-refractivity contribution in [3.63, 3.8) is 0 Å². The van der Waals surface area contributed by atoms with E-state index < -0.39 is 11.5 Å². The Kier molecular flexibility index (Phi) is 4.47. The highest BCUT2D eigenvalue weighted by Gasteiger charge is 2.67. The first-order valence-corrected chi connectivity index (χ1v) is 10.9. The molecule has 2 saturated heterocycles. The van der Waals surface area contributed by atoms with Crippen LogP contribution in [0, 0.1) is 11.8 Å². The second-order valence-electron chi connectivity index (χ2n) is 9.40. The third kappa shape index (κ3) is 2.96. The van der Waals surface area contributed by atoms with Gasteiger partial charge in [0, 0.05) is 49.1 Å². The van der Waals surface area contributed by atoms with Crippen molar-refractivity contribution in [3.05, 3.63) is 11.3 Å². The molecule has 1 saturated carbocycles. The van der Waals surface area contributed by atoms with E-state index in [1.54, 1.807) is 0 Å². The number of esters is 1. The summed E-state index contributed by atoms with van der Waals surface area (Å²) in [5.41, 5.74) is 6.54. The molecule has 164 valence electrons. The van der Waals surface area contributed by atoms with Crippen molar-refractivity contribution in [2.24, 2.45) is 17.6 Å². The van der Waals surface area contributed by atoms with Gasteiger partial charge in [-0.25, -0.2) is 4.98 Å². The van der Waals surface area contributed by atoms with Gasteiger partial charge in [0.05, 0.1) is 13.5 Å². The normalized spacial score (nSPS) is 34.0. The molecule has 0 radical (unpaired) electrons. The Labute approximate surface area is 175 Å². The van der Waals surface area contributed by atoms with Crippen LogP contribution in [0.25, 0.3) is 0 Å². The van der Waals surface area contributed by atoms with Gasteiger partial charge >= 0.3 is 5.97 Å². The lowest BCUT2D eigenvalue weighted by Crippen LogP contribution is -2.40. The quantitative estimate of drug-likeness (QED) is 0.746. The van der Waals surface area contributed by atoms with E-state index in [0.29, 0.717) is 36.8 Å². The Balaban J connectivity index is 1.45. The number of carbonyl (C=O) groups is 1. The van der Waals surface area contributed by atoms with Crippen molar-refractivity contribution in [2.45, 2.75) is 63.0 Å². The number of anilines is 2. The van der Waals surface area contributed by atoms with Crippen LogP contribution in [0.1, 0.15) is 50.3 Å². The zero-order valence-electron chi connectivity index (χ0n) is 17.5. The summed E-state index contributed by atoms with van der Waals surface area (Å²) in [5, 5.41) is 0. The summed E-state index contributed by atoms with van der Waals surface area (Å²) in [6.45, 7) is 4.03. The Morgan fingerprint density at radius 3 is 2.80 bits per heavy atom. The van der Waals surface area contributed by atoms with Crippen LogP contribution in [0.2, 0.25) is 0 Å². The van der Waals surface area contributed by atoms with E-state index in [4.69, 9.17) is 15.5 Å². The number of halogens is 2. The van der Waals surface area contributed by atoms with Gasteiger partial charge in [0.25, 0.3) is 5.92 Å². The van der Waals surface area contributed by atoms with Crippen LogP contribution >= 0.6 is 0 Å². The number of hydrogen-bond acceptors (Lipinski definition) is 7. The van der Waals surface area contributed by atoms with E-state index in [1.807, 2.05) is 4.90 Å². The average Bonchev–Trinajstić information content (AvgIpc) is 2.99. The standard InChI is InChI=1S/C21H29F2N5O2/c1-12-5-3-4-8-28(12)19-25-17-13(6-7-21(17,22)23)18(26-19)27-10-15-14(9-16(29)30-2)20(15,24)11-27/h12,14-15H,3-11,24H2,1-2H3/t12-,14-,15-,20-/m1/s1. The summed E-state index contributed by atoms with van der Waals surface area (Å²) in [7, 11) is 1.38. The van der Waals surface area contributed by atoms with Gasteiger partial charge < -0.3 is 20.3 Å². The van der Waals surface area contributed by atoms with Crippen LogP contribution in [0.15, 0.2) is 0 Å². The van der Waals surface area contributed by atoms with E-state index in [9.17, 15) is 13.6 Å². The number of aromatic nitrogens is 2. The van der Waals surface area contributed by atoms with Gasteiger partial charge in [-0.1, -0.05) is 0 Å². The lowest BCUT2D eigenvalue weighted by molar-refractivity contribution is -0.141. The first-order valence-electron chi connectivity index (χ1n) is 10.9. The number of methoxy groups -OCH3 is 1. The Bertz CT molecular complexity index is 881. The largest absolute Gasteiger partial charge is 0.469 e. The van der Waals surface area contributed by atoms with Crippen LogP contribution in [0.5, 0.6) is 0 Å². The van der Waals surface area contributed by atoms with E-state index in [0.717, 1.165) is 25.8 Å². The van der Waals surface area contributed by atoms with Crippen molar-refractivity contribution in [2.75, 3.05) is 36.5 Å². The molecular weight excluding hydrogens is 392 g/mol. The summed E-state index contributed by atoms with van der Waals surface area (Å²) in [6.07, 6.45) is 3.53. The highest BCUT2D eigenvalue weighted by atomic mass is 19.3. The van der Waals surface area contributed by atoms with Crippen molar-refractivity contribution in [1.29, 1.82) is 0 Å². The van der Waals surface area contributed by atoms with Gasteiger partial charge in [-0.15, -0.1) is 0 Å². The minimum Gasteiger partial charge on any atom is -0.469 e. The van der Waals surface area contributed by atoms with Crippen molar-refractivity contribution in [1.82, 2.24) is 9.97 Å². The van der Waals surface area contributed by atoms with Crippen LogP contribution in [-0.2, 0) is 21.9 Å². The van der Waals surface area contributed by atoms with Gasteiger partial charge in [-0.2, -0.15) is 13.8 Å². The fourth-order valence-electron chi connectivity index (χ4n) is 5.73. The summed E-state index contributed by atoms with van der Waals surface area (Å²) in [4.78, 5) is 25.0. The third-order valence-electron chi connectivity index (χ3n) is 7.62. The predicted molar refractivity (Wildman–Crippen MR) is 108 cm³/mol. The molecule has 3 fully saturated rings. The van der Waals surface area contributed by atoms with Crippen molar-refractivity contribution in [3.8, 4) is 0 Å². The number of alkyl halides is 2. The highest BCUT2D eigenvalue weighted by Crippen LogP contribution is 2.57. The number of nitrogens with zero attached hydrogens (tertiary/aromatic N) is 4. The number of piperidine rings is 2. The maximum absolute atomic E-state index is 14.7. The third-order valence-corrected chi connectivity index (χ3v) is 7.62. The fourth-order valence-corrected chi connectivity index (χ4v) is 5.73. The molecule has 0 bridgehead atoms. The molecule has 0 amide bonds. The van der Waals surface area contributed by atoms with E-state index in [1.165, 1.54) is 7.11 Å². The number of fused-ring (bicyclic) bond motifs is 2. The molecule has 2 aliphatic carbocycles. The summed E-state index contributed by atoms with van der Waals surface area (Å²) in [6, 6.07) is 0.233. The highest BCUT2D eigenvalue weighted by molar-refractivity contribution is 5.71. The molecule has 2 aliphatic heterocycles. The first-order chi connectivity index (χ1) is 14.2. The molecule has 1 aromatic heterocycles. The molecule has 0 spiro atoms.